The molecule has 0 bridgehead atoms. The van der Waals surface area contributed by atoms with E-state index in [9.17, 15) is 4.79 Å². The van der Waals surface area contributed by atoms with E-state index in [1.54, 1.807) is 0 Å². The summed E-state index contributed by atoms with van der Waals surface area (Å²) in [5, 5.41) is 10.6. The van der Waals surface area contributed by atoms with Gasteiger partial charge >= 0.3 is 0 Å². The summed E-state index contributed by atoms with van der Waals surface area (Å²) in [6.45, 7) is 3.71. The number of amides is 1. The fourth-order valence-corrected chi connectivity index (χ4v) is 1.39. The van der Waals surface area contributed by atoms with Gasteiger partial charge in [0, 0.05) is 5.56 Å². The van der Waals surface area contributed by atoms with Crippen molar-refractivity contribution in [1.29, 1.82) is 0 Å². The Kier molecular flexibility index (Phi) is 1.36. The van der Waals surface area contributed by atoms with E-state index < -0.39 is 0 Å². The molecular formula is C8H9N3O. The van der Waals surface area contributed by atoms with Crippen molar-refractivity contribution < 1.29 is 4.79 Å². The number of carbonyl (C=O) groups excluding carboxylic acids is 1. The highest BCUT2D eigenvalue weighted by molar-refractivity contribution is 5.99. The molecule has 62 valence electrons. The topological polar surface area (TPSA) is 54.9 Å². The van der Waals surface area contributed by atoms with E-state index in [-0.39, 0.29) is 5.91 Å². The van der Waals surface area contributed by atoms with Gasteiger partial charge in [-0.1, -0.05) is 0 Å². The van der Waals surface area contributed by atoms with Gasteiger partial charge in [0.15, 0.2) is 0 Å². The molecule has 4 nitrogen and oxygen atoms in total. The average molecular weight is 163 g/mol. The van der Waals surface area contributed by atoms with Crippen molar-refractivity contribution in [3.63, 3.8) is 0 Å². The third-order valence-corrected chi connectivity index (χ3v) is 2.05. The minimum atomic E-state index is 0.0333. The predicted molar refractivity (Wildman–Crippen MR) is 43.8 cm³/mol. The summed E-state index contributed by atoms with van der Waals surface area (Å²) in [5.41, 5.74) is 3.48. The molecule has 0 saturated heterocycles. The number of aromatic nitrogens is 2. The molecule has 1 aliphatic rings. The van der Waals surface area contributed by atoms with Crippen LogP contribution in [0.3, 0.4) is 0 Å². The predicted octanol–water partition coefficient (Wildman–Crippen LogP) is 0.588. The first-order valence-electron chi connectivity index (χ1n) is 3.81. The highest BCUT2D eigenvalue weighted by atomic mass is 16.1. The van der Waals surface area contributed by atoms with Crippen LogP contribution in [-0.2, 0) is 11.2 Å². The average Bonchev–Trinajstić information content (AvgIpc) is 2.41. The lowest BCUT2D eigenvalue weighted by Gasteiger charge is -2.02. The summed E-state index contributed by atoms with van der Waals surface area (Å²) >= 11 is 0. The van der Waals surface area contributed by atoms with Gasteiger partial charge in [0.2, 0.25) is 5.91 Å². The van der Waals surface area contributed by atoms with Gasteiger partial charge in [-0.3, -0.25) is 4.79 Å². The van der Waals surface area contributed by atoms with Gasteiger partial charge in [-0.05, 0) is 13.8 Å². The largest absolute Gasteiger partial charge is 0.324 e. The van der Waals surface area contributed by atoms with Gasteiger partial charge in [0.25, 0.3) is 0 Å². The van der Waals surface area contributed by atoms with Crippen molar-refractivity contribution in [1.82, 2.24) is 10.2 Å². The Labute approximate surface area is 70.0 Å². The van der Waals surface area contributed by atoms with Crippen LogP contribution >= 0.6 is 0 Å². The molecular weight excluding hydrogens is 154 g/mol. The first-order valence-corrected chi connectivity index (χ1v) is 3.81. The van der Waals surface area contributed by atoms with Gasteiger partial charge in [-0.25, -0.2) is 0 Å². The van der Waals surface area contributed by atoms with Crippen LogP contribution in [0.1, 0.15) is 17.0 Å². The molecule has 0 unspecified atom stereocenters. The SMILES string of the molecule is Cc1nnc(C)c2c1CC(=O)N2. The number of carbonyl (C=O) groups is 1. The molecule has 12 heavy (non-hydrogen) atoms. The van der Waals surface area contributed by atoms with Crippen molar-refractivity contribution in [3.05, 3.63) is 17.0 Å². The van der Waals surface area contributed by atoms with Crippen LogP contribution in [0, 0.1) is 13.8 Å². The smallest absolute Gasteiger partial charge is 0.229 e. The van der Waals surface area contributed by atoms with E-state index in [0.29, 0.717) is 6.42 Å². The summed E-state index contributed by atoms with van der Waals surface area (Å²) in [4.78, 5) is 11.0. The summed E-state index contributed by atoms with van der Waals surface area (Å²) in [6, 6.07) is 0. The number of fused-ring (bicyclic) bond motifs is 1. The molecule has 0 fully saturated rings. The highest BCUT2D eigenvalue weighted by Gasteiger charge is 2.22. The monoisotopic (exact) mass is 163 g/mol. The van der Waals surface area contributed by atoms with Gasteiger partial charge in [-0.2, -0.15) is 10.2 Å². The number of anilines is 1. The fourth-order valence-electron chi connectivity index (χ4n) is 1.39. The van der Waals surface area contributed by atoms with Crippen molar-refractivity contribution in [2.75, 3.05) is 5.32 Å². The minimum absolute atomic E-state index is 0.0333. The van der Waals surface area contributed by atoms with Crippen LogP contribution in [0.25, 0.3) is 0 Å². The van der Waals surface area contributed by atoms with Gasteiger partial charge < -0.3 is 5.32 Å². The van der Waals surface area contributed by atoms with Gasteiger partial charge in [0.1, 0.15) is 0 Å². The van der Waals surface area contributed by atoms with Crippen molar-refractivity contribution in [2.24, 2.45) is 0 Å². The molecule has 0 spiro atoms. The Bertz CT molecular complexity index is 327. The molecule has 1 amide bonds. The third-order valence-electron chi connectivity index (χ3n) is 2.05. The summed E-state index contributed by atoms with van der Waals surface area (Å²) in [6.07, 6.45) is 0.442. The minimum Gasteiger partial charge on any atom is -0.324 e. The fraction of sp³-hybridized carbons (Fsp3) is 0.375. The first kappa shape index (κ1) is 7.21. The second kappa shape index (κ2) is 2.27. The van der Waals surface area contributed by atoms with E-state index >= 15 is 0 Å². The Morgan fingerprint density at radius 1 is 1.25 bits per heavy atom. The van der Waals surface area contributed by atoms with E-state index in [2.05, 4.69) is 15.5 Å². The Balaban J connectivity index is 2.64. The van der Waals surface area contributed by atoms with Crippen molar-refractivity contribution >= 4 is 11.6 Å². The summed E-state index contributed by atoms with van der Waals surface area (Å²) < 4.78 is 0. The first-order chi connectivity index (χ1) is 5.68. The number of hydrogen-bond acceptors (Lipinski definition) is 3. The standard InChI is InChI=1S/C8H9N3O/c1-4-6-3-7(12)9-8(6)5(2)11-10-4/h3H2,1-2H3,(H,9,12). The normalized spacial score (nSPS) is 14.3. The molecule has 0 aromatic carbocycles. The zero-order valence-corrected chi connectivity index (χ0v) is 7.01. The van der Waals surface area contributed by atoms with Crippen molar-refractivity contribution in [2.45, 2.75) is 20.3 Å². The van der Waals surface area contributed by atoms with Gasteiger partial charge in [0.05, 0.1) is 23.5 Å². The number of nitrogens with one attached hydrogen (secondary N) is 1. The maximum Gasteiger partial charge on any atom is 0.229 e. The van der Waals surface area contributed by atoms with Crippen LogP contribution in [-0.4, -0.2) is 16.1 Å². The number of rotatable bonds is 0. The molecule has 0 radical (unpaired) electrons. The molecule has 2 heterocycles. The van der Waals surface area contributed by atoms with E-state index in [4.69, 9.17) is 0 Å². The summed E-state index contributed by atoms with van der Waals surface area (Å²) in [7, 11) is 0. The van der Waals surface area contributed by atoms with Crippen LogP contribution in [0.15, 0.2) is 0 Å². The van der Waals surface area contributed by atoms with E-state index in [1.807, 2.05) is 13.8 Å². The molecule has 1 N–H and O–H groups in total. The lowest BCUT2D eigenvalue weighted by atomic mass is 10.1. The van der Waals surface area contributed by atoms with E-state index in [0.717, 1.165) is 22.6 Å². The molecule has 0 saturated carbocycles. The Hall–Kier alpha value is -1.45. The second-order valence-corrected chi connectivity index (χ2v) is 2.95. The quantitative estimate of drug-likeness (QED) is 0.609. The molecule has 4 heteroatoms. The summed E-state index contributed by atoms with van der Waals surface area (Å²) in [5.74, 6) is 0.0333. The maximum absolute atomic E-state index is 11.0. The molecule has 2 rings (SSSR count). The third kappa shape index (κ3) is 0.879. The highest BCUT2D eigenvalue weighted by Crippen LogP contribution is 2.26. The Morgan fingerprint density at radius 2 is 1.92 bits per heavy atom. The van der Waals surface area contributed by atoms with Crippen LogP contribution in [0.5, 0.6) is 0 Å². The Morgan fingerprint density at radius 3 is 2.58 bits per heavy atom. The van der Waals surface area contributed by atoms with Crippen molar-refractivity contribution in [3.8, 4) is 0 Å². The zero-order valence-electron chi connectivity index (χ0n) is 7.01. The molecule has 0 atom stereocenters. The van der Waals surface area contributed by atoms with E-state index in [1.165, 1.54) is 0 Å². The van der Waals surface area contributed by atoms with Crippen LogP contribution in [0.2, 0.25) is 0 Å². The molecule has 1 aromatic rings. The zero-order chi connectivity index (χ0) is 8.72. The molecule has 0 aliphatic carbocycles. The molecule has 1 aliphatic heterocycles. The number of hydrogen-bond donors (Lipinski definition) is 1. The van der Waals surface area contributed by atoms with Gasteiger partial charge in [-0.15, -0.1) is 0 Å². The number of nitrogens with zero attached hydrogens (tertiary/aromatic N) is 2. The lowest BCUT2D eigenvalue weighted by Crippen LogP contribution is -2.04. The maximum atomic E-state index is 11.0. The van der Waals surface area contributed by atoms with Crippen LogP contribution in [0.4, 0.5) is 5.69 Å². The molecule has 1 aromatic heterocycles. The lowest BCUT2D eigenvalue weighted by molar-refractivity contribution is -0.115. The second-order valence-electron chi connectivity index (χ2n) is 2.95. The van der Waals surface area contributed by atoms with Crippen LogP contribution < -0.4 is 5.32 Å². The number of aryl methyl sites for hydroxylation is 2.